The summed E-state index contributed by atoms with van der Waals surface area (Å²) in [6.07, 6.45) is 0. The maximum Gasteiger partial charge on any atom is 0.159 e. The van der Waals surface area contributed by atoms with E-state index in [0.717, 1.165) is 28.0 Å². The van der Waals surface area contributed by atoms with Gasteiger partial charge in [-0.3, -0.25) is 9.80 Å². The first-order valence-corrected chi connectivity index (χ1v) is 8.20. The monoisotopic (exact) mass is 338 g/mol. The van der Waals surface area contributed by atoms with Crippen LogP contribution < -0.4 is 11.3 Å². The number of hydrogen-bond acceptors (Lipinski definition) is 5. The van der Waals surface area contributed by atoms with Crippen molar-refractivity contribution in [3.05, 3.63) is 77.4 Å². The lowest BCUT2D eigenvalue weighted by molar-refractivity contribution is 0.101. The summed E-state index contributed by atoms with van der Waals surface area (Å²) in [5, 5.41) is 3.84. The van der Waals surface area contributed by atoms with E-state index in [1.165, 1.54) is 0 Å². The second-order valence-electron chi connectivity index (χ2n) is 6.12. The molecule has 0 aliphatic rings. The molecule has 0 saturated heterocycles. The first-order chi connectivity index (χ1) is 11.9. The Morgan fingerprint density at radius 1 is 1.00 bits per heavy atom. The molecule has 0 spiro atoms. The van der Waals surface area contributed by atoms with Gasteiger partial charge in [0.1, 0.15) is 0 Å². The predicted molar refractivity (Wildman–Crippen MR) is 102 cm³/mol. The zero-order valence-corrected chi connectivity index (χ0v) is 15.1. The van der Waals surface area contributed by atoms with E-state index in [1.807, 2.05) is 72.6 Å². The van der Waals surface area contributed by atoms with Crippen LogP contribution in [0.5, 0.6) is 0 Å². The van der Waals surface area contributed by atoms with E-state index in [-0.39, 0.29) is 5.78 Å². The van der Waals surface area contributed by atoms with Gasteiger partial charge in [0.25, 0.3) is 0 Å². The normalized spacial score (nSPS) is 10.8. The molecule has 0 saturated carbocycles. The molecule has 5 nitrogen and oxygen atoms in total. The number of carbonyl (C=O) groups is 1. The lowest BCUT2D eigenvalue weighted by atomic mass is 10.1. The van der Waals surface area contributed by atoms with Crippen molar-refractivity contribution in [3.63, 3.8) is 0 Å². The Hall–Kier alpha value is -2.47. The number of nitrogens with two attached hydrogens (primary N) is 1. The summed E-state index contributed by atoms with van der Waals surface area (Å²) in [4.78, 5) is 11.3. The molecule has 2 rings (SSSR count). The summed E-state index contributed by atoms with van der Waals surface area (Å²) in [7, 11) is 3.88. The summed E-state index contributed by atoms with van der Waals surface area (Å²) < 4.78 is 0. The van der Waals surface area contributed by atoms with Crippen molar-refractivity contribution < 1.29 is 4.79 Å². The van der Waals surface area contributed by atoms with Crippen LogP contribution in [0.3, 0.4) is 0 Å². The van der Waals surface area contributed by atoms with Crippen molar-refractivity contribution in [2.45, 2.75) is 20.0 Å². The van der Waals surface area contributed by atoms with E-state index in [9.17, 15) is 4.79 Å². The summed E-state index contributed by atoms with van der Waals surface area (Å²) in [5.74, 6) is 0.0784. The van der Waals surface area contributed by atoms with Gasteiger partial charge < -0.3 is 5.73 Å². The number of benzene rings is 2. The van der Waals surface area contributed by atoms with Gasteiger partial charge in [0.05, 0.1) is 5.70 Å². The van der Waals surface area contributed by atoms with Crippen molar-refractivity contribution in [2.75, 3.05) is 14.1 Å². The summed E-state index contributed by atoms with van der Waals surface area (Å²) >= 11 is 0. The fourth-order valence-corrected chi connectivity index (χ4v) is 2.50. The smallest absolute Gasteiger partial charge is 0.159 e. The van der Waals surface area contributed by atoms with Crippen LogP contribution in [0.2, 0.25) is 0 Å². The molecular weight excluding hydrogens is 312 g/mol. The van der Waals surface area contributed by atoms with Gasteiger partial charge in [-0.15, -0.1) is 0 Å². The summed E-state index contributed by atoms with van der Waals surface area (Å²) in [6.45, 7) is 6.94. The van der Waals surface area contributed by atoms with Crippen LogP contribution in [0.15, 0.2) is 55.1 Å². The molecule has 0 heterocycles. The molecule has 2 aromatic rings. The van der Waals surface area contributed by atoms with Gasteiger partial charge in [0.2, 0.25) is 0 Å². The number of Topliss-reactive ketones (excluding diaryl/α,β-unsaturated/α-hetero) is 1. The van der Waals surface area contributed by atoms with E-state index >= 15 is 0 Å². The van der Waals surface area contributed by atoms with E-state index in [2.05, 4.69) is 12.1 Å². The molecular formula is C20H26N4O. The van der Waals surface area contributed by atoms with Crippen LogP contribution in [0.25, 0.3) is 5.70 Å². The number of nitrogens with one attached hydrogen (secondary N) is 1. The van der Waals surface area contributed by atoms with Crippen LogP contribution in [0.4, 0.5) is 0 Å². The molecule has 2 aromatic carbocycles. The third-order valence-electron chi connectivity index (χ3n) is 4.03. The Bertz CT molecular complexity index is 722. The van der Waals surface area contributed by atoms with E-state index in [1.54, 1.807) is 6.92 Å². The maximum atomic E-state index is 11.3. The average Bonchev–Trinajstić information content (AvgIpc) is 2.61. The molecule has 0 radical (unpaired) electrons. The predicted octanol–water partition coefficient (Wildman–Crippen LogP) is 2.80. The molecule has 5 heteroatoms. The first kappa shape index (κ1) is 18.9. The third kappa shape index (κ3) is 5.26. The van der Waals surface area contributed by atoms with E-state index in [4.69, 9.17) is 5.73 Å². The third-order valence-corrected chi connectivity index (χ3v) is 4.03. The zero-order valence-electron chi connectivity index (χ0n) is 15.1. The second-order valence-corrected chi connectivity index (χ2v) is 6.12. The number of hydrazine groups is 2. The minimum atomic E-state index is 0.0784. The number of carbonyl (C=O) groups excluding carboxylic acids is 1. The molecule has 25 heavy (non-hydrogen) atoms. The highest BCUT2D eigenvalue weighted by Gasteiger charge is 2.08. The van der Waals surface area contributed by atoms with Gasteiger partial charge in [0, 0.05) is 32.7 Å². The van der Waals surface area contributed by atoms with Crippen molar-refractivity contribution in [1.29, 1.82) is 0 Å². The minimum absolute atomic E-state index is 0.0784. The Morgan fingerprint density at radius 3 is 2.04 bits per heavy atom. The molecule has 3 N–H and O–H groups in total. The summed E-state index contributed by atoms with van der Waals surface area (Å²) in [5.41, 5.74) is 13.7. The Kier molecular flexibility index (Phi) is 6.47. The lowest BCUT2D eigenvalue weighted by Crippen LogP contribution is -2.44. The minimum Gasteiger partial charge on any atom is -0.326 e. The van der Waals surface area contributed by atoms with Gasteiger partial charge in [-0.1, -0.05) is 55.1 Å². The SMILES string of the molecule is C=C(c1ccc(CN)cc1)N(C)NN(C)Cc1ccc(C(C)=O)cc1. The van der Waals surface area contributed by atoms with Crippen LogP contribution in [0, 0.1) is 0 Å². The van der Waals surface area contributed by atoms with E-state index < -0.39 is 0 Å². The fraction of sp³-hybridized carbons (Fsp3) is 0.250. The van der Waals surface area contributed by atoms with E-state index in [0.29, 0.717) is 13.1 Å². The molecule has 0 aliphatic heterocycles. The lowest BCUT2D eigenvalue weighted by Gasteiger charge is -2.29. The maximum absolute atomic E-state index is 11.3. The van der Waals surface area contributed by atoms with Crippen molar-refractivity contribution in [1.82, 2.24) is 15.6 Å². The second kappa shape index (κ2) is 8.58. The number of ketones is 1. The molecule has 0 fully saturated rings. The van der Waals surface area contributed by atoms with Gasteiger partial charge in [0.15, 0.2) is 5.78 Å². The molecule has 0 amide bonds. The van der Waals surface area contributed by atoms with Gasteiger partial charge in [-0.2, -0.15) is 5.53 Å². The van der Waals surface area contributed by atoms with Crippen LogP contribution in [-0.4, -0.2) is 29.9 Å². The highest BCUT2D eigenvalue weighted by molar-refractivity contribution is 5.93. The topological polar surface area (TPSA) is 61.6 Å². The quantitative estimate of drug-likeness (QED) is 0.572. The Balaban J connectivity index is 1.93. The van der Waals surface area contributed by atoms with Gasteiger partial charge in [-0.25, -0.2) is 5.01 Å². The van der Waals surface area contributed by atoms with Crippen molar-refractivity contribution >= 4 is 11.5 Å². The van der Waals surface area contributed by atoms with Crippen LogP contribution >= 0.6 is 0 Å². The largest absolute Gasteiger partial charge is 0.326 e. The van der Waals surface area contributed by atoms with Crippen molar-refractivity contribution in [2.24, 2.45) is 5.73 Å². The highest BCUT2D eigenvalue weighted by Crippen LogP contribution is 2.15. The molecule has 0 aliphatic carbocycles. The average molecular weight is 338 g/mol. The van der Waals surface area contributed by atoms with Crippen LogP contribution in [-0.2, 0) is 13.1 Å². The fourth-order valence-electron chi connectivity index (χ4n) is 2.50. The Morgan fingerprint density at radius 2 is 1.52 bits per heavy atom. The van der Waals surface area contributed by atoms with Gasteiger partial charge >= 0.3 is 0 Å². The molecule has 0 aromatic heterocycles. The summed E-state index contributed by atoms with van der Waals surface area (Å²) in [6, 6.07) is 15.7. The molecule has 132 valence electrons. The number of hydrogen-bond donors (Lipinski definition) is 2. The number of nitrogens with zero attached hydrogens (tertiary/aromatic N) is 2. The van der Waals surface area contributed by atoms with Crippen LogP contribution in [0.1, 0.15) is 34.0 Å². The standard InChI is InChI=1S/C20H26N4O/c1-15(19-9-5-17(13-21)6-10-19)24(4)22-23(3)14-18-7-11-20(12-8-18)16(2)25/h5-12,22H,1,13-14,21H2,2-4H3. The van der Waals surface area contributed by atoms with Crippen molar-refractivity contribution in [3.8, 4) is 0 Å². The Labute approximate surface area is 149 Å². The number of rotatable bonds is 8. The highest BCUT2D eigenvalue weighted by atomic mass is 16.1. The van der Waals surface area contributed by atoms with Gasteiger partial charge in [-0.05, 0) is 23.6 Å². The zero-order chi connectivity index (χ0) is 18.4. The molecule has 0 atom stereocenters. The molecule has 0 unspecified atom stereocenters. The molecule has 0 bridgehead atoms. The first-order valence-electron chi connectivity index (χ1n) is 8.20.